The van der Waals surface area contributed by atoms with Crippen LogP contribution < -0.4 is 0 Å². The molecule has 0 saturated carbocycles. The Morgan fingerprint density at radius 2 is 2.25 bits per heavy atom. The van der Waals surface area contributed by atoms with Gasteiger partial charge in [0, 0.05) is 25.9 Å². The van der Waals surface area contributed by atoms with Gasteiger partial charge >= 0.3 is 0 Å². The van der Waals surface area contributed by atoms with Crippen LogP contribution in [0, 0.1) is 17.2 Å². The first-order valence-corrected chi connectivity index (χ1v) is 6.42. The molecular formula is C13H22N2O. The van der Waals surface area contributed by atoms with Crippen LogP contribution in [-0.4, -0.2) is 23.9 Å². The summed E-state index contributed by atoms with van der Waals surface area (Å²) in [5, 5.41) is 8.44. The van der Waals surface area contributed by atoms with E-state index in [1.165, 1.54) is 6.42 Å². The van der Waals surface area contributed by atoms with Crippen molar-refractivity contribution >= 4 is 5.91 Å². The van der Waals surface area contributed by atoms with E-state index in [1.807, 2.05) is 4.90 Å². The lowest BCUT2D eigenvalue weighted by atomic mass is 9.98. The van der Waals surface area contributed by atoms with E-state index in [0.717, 1.165) is 51.1 Å². The highest BCUT2D eigenvalue weighted by Gasteiger charge is 2.20. The lowest BCUT2D eigenvalue weighted by molar-refractivity contribution is -0.130. The zero-order chi connectivity index (χ0) is 11.8. The van der Waals surface area contributed by atoms with Gasteiger partial charge in [0.1, 0.15) is 0 Å². The summed E-state index contributed by atoms with van der Waals surface area (Å²) < 4.78 is 0. The van der Waals surface area contributed by atoms with E-state index in [2.05, 4.69) is 13.0 Å². The Hall–Kier alpha value is -1.04. The molecule has 1 aliphatic rings. The first-order valence-electron chi connectivity index (χ1n) is 6.42. The Morgan fingerprint density at radius 3 is 2.94 bits per heavy atom. The van der Waals surface area contributed by atoms with Crippen molar-refractivity contribution in [2.24, 2.45) is 5.92 Å². The van der Waals surface area contributed by atoms with Crippen LogP contribution in [0.5, 0.6) is 0 Å². The molecule has 1 rings (SSSR count). The second-order valence-electron chi connectivity index (χ2n) is 4.60. The number of nitrogens with zero attached hydrogens (tertiary/aromatic N) is 2. The van der Waals surface area contributed by atoms with Crippen molar-refractivity contribution in [3.8, 4) is 6.07 Å². The molecule has 1 aliphatic heterocycles. The Bertz CT molecular complexity index is 257. The largest absolute Gasteiger partial charge is 0.343 e. The zero-order valence-electron chi connectivity index (χ0n) is 10.2. The predicted octanol–water partition coefficient (Wildman–Crippen LogP) is 2.72. The van der Waals surface area contributed by atoms with Crippen molar-refractivity contribution in [3.63, 3.8) is 0 Å². The molecule has 1 saturated heterocycles. The number of carbonyl (C=O) groups excluding carboxylic acids is 1. The molecule has 0 spiro atoms. The molecule has 90 valence electrons. The summed E-state index contributed by atoms with van der Waals surface area (Å²) in [5.41, 5.74) is 0. The van der Waals surface area contributed by atoms with E-state index < -0.39 is 0 Å². The van der Waals surface area contributed by atoms with Crippen molar-refractivity contribution < 1.29 is 4.79 Å². The van der Waals surface area contributed by atoms with E-state index >= 15 is 0 Å². The second kappa shape index (κ2) is 7.27. The predicted molar refractivity (Wildman–Crippen MR) is 63.7 cm³/mol. The molecular weight excluding hydrogens is 200 g/mol. The van der Waals surface area contributed by atoms with Gasteiger partial charge in [-0.2, -0.15) is 5.26 Å². The SMILES string of the molecule is CCC1CCC(=O)N(CCCCC#N)CC1. The highest BCUT2D eigenvalue weighted by Crippen LogP contribution is 2.21. The Morgan fingerprint density at radius 1 is 1.44 bits per heavy atom. The van der Waals surface area contributed by atoms with Crippen molar-refractivity contribution in [2.45, 2.75) is 51.9 Å². The third-order valence-corrected chi connectivity index (χ3v) is 3.47. The number of likely N-dealkylation sites (tertiary alicyclic amines) is 1. The summed E-state index contributed by atoms with van der Waals surface area (Å²) in [4.78, 5) is 13.8. The van der Waals surface area contributed by atoms with Gasteiger partial charge in [-0.3, -0.25) is 4.79 Å². The van der Waals surface area contributed by atoms with E-state index in [4.69, 9.17) is 5.26 Å². The van der Waals surface area contributed by atoms with Gasteiger partial charge in [-0.1, -0.05) is 13.3 Å². The van der Waals surface area contributed by atoms with Gasteiger partial charge in [0.25, 0.3) is 0 Å². The molecule has 16 heavy (non-hydrogen) atoms. The maximum Gasteiger partial charge on any atom is 0.222 e. The molecule has 0 aromatic heterocycles. The molecule has 0 aromatic rings. The van der Waals surface area contributed by atoms with Gasteiger partial charge in [0.05, 0.1) is 6.07 Å². The summed E-state index contributed by atoms with van der Waals surface area (Å²) in [5.74, 6) is 1.04. The molecule has 0 aromatic carbocycles. The molecule has 1 heterocycles. The maximum absolute atomic E-state index is 11.8. The highest BCUT2D eigenvalue weighted by atomic mass is 16.2. The molecule has 0 radical (unpaired) electrons. The third kappa shape index (κ3) is 4.22. The summed E-state index contributed by atoms with van der Waals surface area (Å²) >= 11 is 0. The van der Waals surface area contributed by atoms with Crippen molar-refractivity contribution in [3.05, 3.63) is 0 Å². The van der Waals surface area contributed by atoms with E-state index in [-0.39, 0.29) is 0 Å². The fraction of sp³-hybridized carbons (Fsp3) is 0.846. The lowest BCUT2D eigenvalue weighted by Crippen LogP contribution is -2.31. The van der Waals surface area contributed by atoms with Gasteiger partial charge in [-0.15, -0.1) is 0 Å². The lowest BCUT2D eigenvalue weighted by Gasteiger charge is -2.20. The molecule has 0 aliphatic carbocycles. The number of hydrogen-bond acceptors (Lipinski definition) is 2. The second-order valence-corrected chi connectivity index (χ2v) is 4.60. The number of amides is 1. The van der Waals surface area contributed by atoms with Crippen LogP contribution in [0.3, 0.4) is 0 Å². The molecule has 0 bridgehead atoms. The molecule has 3 heteroatoms. The first kappa shape index (κ1) is 13.0. The summed E-state index contributed by atoms with van der Waals surface area (Å²) in [6.07, 6.45) is 6.62. The van der Waals surface area contributed by atoms with Gasteiger partial charge < -0.3 is 4.90 Å². The van der Waals surface area contributed by atoms with Crippen LogP contribution in [0.1, 0.15) is 51.9 Å². The quantitative estimate of drug-likeness (QED) is 0.671. The van der Waals surface area contributed by atoms with E-state index in [9.17, 15) is 4.79 Å². The number of rotatable bonds is 5. The molecule has 1 unspecified atom stereocenters. The maximum atomic E-state index is 11.8. The molecule has 1 amide bonds. The molecule has 0 N–H and O–H groups in total. The fourth-order valence-electron chi connectivity index (χ4n) is 2.24. The van der Waals surface area contributed by atoms with Crippen LogP contribution in [0.4, 0.5) is 0 Å². The average Bonchev–Trinajstić information content (AvgIpc) is 2.47. The number of nitriles is 1. The van der Waals surface area contributed by atoms with E-state index in [0.29, 0.717) is 12.3 Å². The Kier molecular flexibility index (Phi) is 5.92. The van der Waals surface area contributed by atoms with Gasteiger partial charge in [-0.25, -0.2) is 0 Å². The van der Waals surface area contributed by atoms with Gasteiger partial charge in [0.15, 0.2) is 0 Å². The summed E-state index contributed by atoms with van der Waals surface area (Å²) in [6.45, 7) is 3.97. The van der Waals surface area contributed by atoms with Crippen LogP contribution in [0.2, 0.25) is 0 Å². The standard InChI is InChI=1S/C13H22N2O/c1-2-12-6-7-13(16)15(11-8-12)10-5-3-4-9-14/h12H,2-8,10-11H2,1H3. The minimum atomic E-state index is 0.313. The van der Waals surface area contributed by atoms with Crippen molar-refractivity contribution in [1.82, 2.24) is 4.90 Å². The number of unbranched alkanes of at least 4 members (excludes halogenated alkanes) is 2. The Labute approximate surface area is 98.4 Å². The normalized spacial score (nSPS) is 21.6. The first-order chi connectivity index (χ1) is 7.77. The Balaban J connectivity index is 2.29. The van der Waals surface area contributed by atoms with Crippen molar-refractivity contribution in [1.29, 1.82) is 5.26 Å². The minimum Gasteiger partial charge on any atom is -0.343 e. The van der Waals surface area contributed by atoms with E-state index in [1.54, 1.807) is 0 Å². The number of hydrogen-bond donors (Lipinski definition) is 0. The molecule has 1 fully saturated rings. The van der Waals surface area contributed by atoms with Crippen LogP contribution in [-0.2, 0) is 4.79 Å². The third-order valence-electron chi connectivity index (χ3n) is 3.47. The fourth-order valence-corrected chi connectivity index (χ4v) is 2.24. The minimum absolute atomic E-state index is 0.313. The smallest absolute Gasteiger partial charge is 0.222 e. The number of carbonyl (C=O) groups is 1. The van der Waals surface area contributed by atoms with Crippen LogP contribution in [0.15, 0.2) is 0 Å². The van der Waals surface area contributed by atoms with Gasteiger partial charge in [0.2, 0.25) is 5.91 Å². The van der Waals surface area contributed by atoms with Crippen LogP contribution in [0.25, 0.3) is 0 Å². The zero-order valence-corrected chi connectivity index (χ0v) is 10.2. The highest BCUT2D eigenvalue weighted by molar-refractivity contribution is 5.76. The molecule has 1 atom stereocenters. The van der Waals surface area contributed by atoms with Crippen molar-refractivity contribution in [2.75, 3.05) is 13.1 Å². The monoisotopic (exact) mass is 222 g/mol. The molecule has 3 nitrogen and oxygen atoms in total. The summed E-state index contributed by atoms with van der Waals surface area (Å²) in [6, 6.07) is 2.14. The average molecular weight is 222 g/mol. The van der Waals surface area contributed by atoms with Crippen LogP contribution >= 0.6 is 0 Å². The summed E-state index contributed by atoms with van der Waals surface area (Å²) in [7, 11) is 0. The van der Waals surface area contributed by atoms with Gasteiger partial charge in [-0.05, 0) is 31.6 Å². The topological polar surface area (TPSA) is 44.1 Å².